The first-order valence-electron chi connectivity index (χ1n) is 17.5. The summed E-state index contributed by atoms with van der Waals surface area (Å²) < 4.78 is 10.4. The van der Waals surface area contributed by atoms with E-state index in [1.807, 2.05) is 13.8 Å². The summed E-state index contributed by atoms with van der Waals surface area (Å²) in [6.45, 7) is 14.8. The van der Waals surface area contributed by atoms with Crippen molar-refractivity contribution in [3.05, 3.63) is 0 Å². The number of Topliss-reactive ketones (excluding diaryl/α,β-unsaturated/α-hetero) is 1. The molecule has 14 heteroatoms. The van der Waals surface area contributed by atoms with E-state index in [9.17, 15) is 33.6 Å². The molecule has 1 saturated heterocycles. The number of esters is 2. The van der Waals surface area contributed by atoms with Crippen molar-refractivity contribution in [3.8, 4) is 0 Å². The third-order valence-corrected chi connectivity index (χ3v) is 9.88. The minimum Gasteiger partial charge on any atom is -0.464 e. The predicted molar refractivity (Wildman–Crippen MR) is 177 cm³/mol. The van der Waals surface area contributed by atoms with Gasteiger partial charge in [0.25, 0.3) is 5.91 Å². The molecule has 0 aromatic rings. The number of ether oxygens (including phenoxy) is 2. The zero-order chi connectivity index (χ0) is 36.5. The summed E-state index contributed by atoms with van der Waals surface area (Å²) in [5.41, 5.74) is -1.66. The molecule has 0 aromatic heterocycles. The molecule has 1 heterocycles. The number of amides is 5. The van der Waals surface area contributed by atoms with E-state index in [2.05, 4.69) is 21.3 Å². The number of hydrogen-bond acceptors (Lipinski definition) is 9. The van der Waals surface area contributed by atoms with Gasteiger partial charge in [-0.05, 0) is 74.5 Å². The fraction of sp³-hybridized carbons (Fsp3) is 0.800. The monoisotopic (exact) mass is 689 g/mol. The van der Waals surface area contributed by atoms with Crippen molar-refractivity contribution in [3.63, 3.8) is 0 Å². The molecule has 0 radical (unpaired) electrons. The summed E-state index contributed by atoms with van der Waals surface area (Å²) in [6, 6.07) is -3.76. The molecule has 4 fully saturated rings. The Kier molecular flexibility index (Phi) is 11.4. The van der Waals surface area contributed by atoms with E-state index in [0.29, 0.717) is 19.1 Å². The SMILES string of the molecule is CC(C)(C)OC(=O)CCNC(=O)C(=O)C(CC1CC1)NC(=O)[C@@H]1C2[C@H](CN1C(=O)[C@@H](NC(=O)NCC(=O)OCC1CC1)C(C)(C)C)C2(C)C. The van der Waals surface area contributed by atoms with Gasteiger partial charge in [0, 0.05) is 13.1 Å². The molecule has 0 bridgehead atoms. The summed E-state index contributed by atoms with van der Waals surface area (Å²) in [4.78, 5) is 92.8. The maximum atomic E-state index is 14.2. The van der Waals surface area contributed by atoms with Gasteiger partial charge in [-0.2, -0.15) is 0 Å². The van der Waals surface area contributed by atoms with Gasteiger partial charge in [-0.15, -0.1) is 0 Å². The third-order valence-electron chi connectivity index (χ3n) is 9.88. The van der Waals surface area contributed by atoms with Crippen molar-refractivity contribution in [2.75, 3.05) is 26.2 Å². The lowest BCUT2D eigenvalue weighted by Gasteiger charge is -2.37. The Morgan fingerprint density at radius 1 is 0.857 bits per heavy atom. The van der Waals surface area contributed by atoms with Gasteiger partial charge in [0.2, 0.25) is 17.6 Å². The first kappa shape index (κ1) is 38.1. The summed E-state index contributed by atoms with van der Waals surface area (Å²) >= 11 is 0. The number of nitrogens with zero attached hydrogens (tertiary/aromatic N) is 1. The van der Waals surface area contributed by atoms with Crippen LogP contribution < -0.4 is 21.3 Å². The Morgan fingerprint density at radius 3 is 2.06 bits per heavy atom. The standard InChI is InChI=1S/C35H55N5O9/c1-33(2,3)28(39-32(47)37-16-24(42)48-18-20-11-12-20)31(46)40-17-21-25(35(21,7)8)26(40)29(44)38-22(15-19-9-10-19)27(43)30(45)36-14-13-23(41)49-34(4,5)6/h19-22,25-26,28H,9-18H2,1-8H3,(H,36,45)(H,38,44)(H2,37,39,47)/t21-,22?,25?,26-,28+/m0/s1. The zero-order valence-electron chi connectivity index (χ0n) is 30.2. The van der Waals surface area contributed by atoms with Crippen molar-refractivity contribution in [2.24, 2.45) is 34.5 Å². The van der Waals surface area contributed by atoms with Crippen molar-refractivity contribution < 1.29 is 43.0 Å². The van der Waals surface area contributed by atoms with Gasteiger partial charge >= 0.3 is 18.0 Å². The van der Waals surface area contributed by atoms with Crippen LogP contribution in [0.25, 0.3) is 0 Å². The topological polar surface area (TPSA) is 189 Å². The largest absolute Gasteiger partial charge is 0.464 e. The highest BCUT2D eigenvalue weighted by Crippen LogP contribution is 2.65. The molecule has 5 amide bonds. The van der Waals surface area contributed by atoms with Crippen LogP contribution >= 0.6 is 0 Å². The smallest absolute Gasteiger partial charge is 0.325 e. The minimum atomic E-state index is -1.10. The van der Waals surface area contributed by atoms with E-state index in [1.165, 1.54) is 4.90 Å². The highest BCUT2D eigenvalue weighted by molar-refractivity contribution is 6.38. The first-order chi connectivity index (χ1) is 22.7. The Bertz CT molecular complexity index is 1330. The maximum Gasteiger partial charge on any atom is 0.325 e. The lowest BCUT2D eigenvalue weighted by atomic mass is 9.85. The number of likely N-dealkylation sites (tertiary alicyclic amines) is 1. The summed E-state index contributed by atoms with van der Waals surface area (Å²) in [5.74, 6) is -3.33. The van der Waals surface area contributed by atoms with E-state index in [1.54, 1.807) is 41.5 Å². The summed E-state index contributed by atoms with van der Waals surface area (Å²) in [5, 5.41) is 10.5. The highest BCUT2D eigenvalue weighted by Gasteiger charge is 2.70. The fourth-order valence-electron chi connectivity index (χ4n) is 6.60. The van der Waals surface area contributed by atoms with Crippen LogP contribution in [0.3, 0.4) is 0 Å². The van der Waals surface area contributed by atoms with Gasteiger partial charge in [-0.25, -0.2) is 4.79 Å². The molecule has 1 aliphatic heterocycles. The van der Waals surface area contributed by atoms with Crippen molar-refractivity contribution in [2.45, 2.75) is 118 Å². The van der Waals surface area contributed by atoms with E-state index < -0.39 is 70.6 Å². The normalized spacial score (nSPS) is 23.7. The number of fused-ring (bicyclic) bond motifs is 1. The first-order valence-corrected chi connectivity index (χ1v) is 17.5. The molecule has 14 nitrogen and oxygen atoms in total. The van der Waals surface area contributed by atoms with Crippen LogP contribution in [0.15, 0.2) is 0 Å². The molecule has 3 saturated carbocycles. The minimum absolute atomic E-state index is 0.0385. The number of urea groups is 1. The van der Waals surface area contributed by atoms with Crippen LogP contribution in [0.1, 0.15) is 93.9 Å². The van der Waals surface area contributed by atoms with Crippen LogP contribution in [0.4, 0.5) is 4.79 Å². The van der Waals surface area contributed by atoms with Crippen LogP contribution in [0, 0.1) is 34.5 Å². The molecule has 49 heavy (non-hydrogen) atoms. The van der Waals surface area contributed by atoms with E-state index in [4.69, 9.17) is 9.47 Å². The molecule has 0 spiro atoms. The Balaban J connectivity index is 1.41. The molecular weight excluding hydrogens is 634 g/mol. The van der Waals surface area contributed by atoms with Crippen molar-refractivity contribution >= 4 is 41.5 Å². The van der Waals surface area contributed by atoms with Gasteiger partial charge in [-0.3, -0.25) is 28.8 Å². The second kappa shape index (κ2) is 14.6. The molecule has 3 aliphatic carbocycles. The molecule has 4 rings (SSSR count). The molecule has 274 valence electrons. The second-order valence-corrected chi connectivity index (χ2v) is 16.8. The number of carbonyl (C=O) groups is 7. The van der Waals surface area contributed by atoms with E-state index in [-0.39, 0.29) is 49.1 Å². The average Bonchev–Trinajstić information content (AvgIpc) is 3.94. The quantitative estimate of drug-likeness (QED) is 0.147. The number of rotatable bonds is 15. The molecule has 0 aromatic carbocycles. The van der Waals surface area contributed by atoms with Crippen LogP contribution in [0.5, 0.6) is 0 Å². The van der Waals surface area contributed by atoms with Gasteiger partial charge in [0.1, 0.15) is 24.2 Å². The lowest BCUT2D eigenvalue weighted by Crippen LogP contribution is -2.61. The zero-order valence-corrected chi connectivity index (χ0v) is 30.2. The van der Waals surface area contributed by atoms with E-state index in [0.717, 1.165) is 25.7 Å². The fourth-order valence-corrected chi connectivity index (χ4v) is 6.60. The number of carbonyl (C=O) groups excluding carboxylic acids is 7. The van der Waals surface area contributed by atoms with Gasteiger partial charge in [0.15, 0.2) is 0 Å². The van der Waals surface area contributed by atoms with Crippen molar-refractivity contribution in [1.82, 2.24) is 26.2 Å². The van der Waals surface area contributed by atoms with Gasteiger partial charge < -0.3 is 35.6 Å². The highest BCUT2D eigenvalue weighted by atomic mass is 16.6. The van der Waals surface area contributed by atoms with Crippen LogP contribution in [-0.2, 0) is 38.2 Å². The lowest BCUT2D eigenvalue weighted by molar-refractivity contribution is -0.154. The molecule has 4 N–H and O–H groups in total. The Morgan fingerprint density at radius 2 is 1.49 bits per heavy atom. The predicted octanol–water partition coefficient (Wildman–Crippen LogP) is 1.84. The van der Waals surface area contributed by atoms with Crippen molar-refractivity contribution in [1.29, 1.82) is 0 Å². The van der Waals surface area contributed by atoms with Crippen LogP contribution in [-0.4, -0.2) is 96.3 Å². The molecule has 2 unspecified atom stereocenters. The van der Waals surface area contributed by atoms with Gasteiger partial charge in [0.05, 0.1) is 19.1 Å². The molecule has 4 aliphatic rings. The number of nitrogens with one attached hydrogen (secondary N) is 4. The molecule has 5 atom stereocenters. The van der Waals surface area contributed by atoms with Gasteiger partial charge in [-0.1, -0.05) is 47.5 Å². The van der Waals surface area contributed by atoms with Crippen LogP contribution in [0.2, 0.25) is 0 Å². The third kappa shape index (κ3) is 10.4. The number of hydrogen-bond donors (Lipinski definition) is 4. The Labute approximate surface area is 288 Å². The average molecular weight is 690 g/mol. The molecular formula is C35H55N5O9. The summed E-state index contributed by atoms with van der Waals surface area (Å²) in [6.07, 6.45) is 3.98. The summed E-state index contributed by atoms with van der Waals surface area (Å²) in [7, 11) is 0. The number of ketones is 1. The maximum absolute atomic E-state index is 14.2. The number of piperidine rings is 1. The second-order valence-electron chi connectivity index (χ2n) is 16.8. The Hall–Kier alpha value is -3.71. The van der Waals surface area contributed by atoms with E-state index >= 15 is 0 Å².